The lowest BCUT2D eigenvalue weighted by atomic mass is 10.0. The number of epoxide rings is 1. The zero-order chi connectivity index (χ0) is 14.6. The normalized spacial score (nSPS) is 19.2. The Balaban J connectivity index is 1.83. The number of amides is 1. The standard InChI is InChI=1S/C16H23NO3/c1-16(2,3)20-15(18)17-13(14-11-19-14)10-9-12-7-5-4-6-8-12/h4-8,13-14H,9-11H2,1-3H3,(H,17,18)/t13-,14-/m1/s1. The van der Waals surface area contributed by atoms with Gasteiger partial charge in [0.15, 0.2) is 0 Å². The van der Waals surface area contributed by atoms with Crippen LogP contribution < -0.4 is 5.32 Å². The summed E-state index contributed by atoms with van der Waals surface area (Å²) in [7, 11) is 0. The summed E-state index contributed by atoms with van der Waals surface area (Å²) in [6, 6.07) is 10.3. The van der Waals surface area contributed by atoms with Gasteiger partial charge in [0.2, 0.25) is 0 Å². The molecule has 2 atom stereocenters. The highest BCUT2D eigenvalue weighted by atomic mass is 16.6. The summed E-state index contributed by atoms with van der Waals surface area (Å²) >= 11 is 0. The second-order valence-corrected chi connectivity index (χ2v) is 6.15. The average molecular weight is 277 g/mol. The Hall–Kier alpha value is -1.55. The minimum Gasteiger partial charge on any atom is -0.444 e. The molecule has 110 valence electrons. The van der Waals surface area contributed by atoms with Crippen LogP contribution in [0.2, 0.25) is 0 Å². The minimum absolute atomic E-state index is 0.0186. The van der Waals surface area contributed by atoms with Gasteiger partial charge in [0.1, 0.15) is 11.7 Å². The van der Waals surface area contributed by atoms with Crippen molar-refractivity contribution in [2.75, 3.05) is 6.61 Å². The predicted octanol–water partition coefficient (Wildman–Crippen LogP) is 2.91. The molecule has 1 saturated heterocycles. The largest absolute Gasteiger partial charge is 0.444 e. The summed E-state index contributed by atoms with van der Waals surface area (Å²) in [6.45, 7) is 6.30. The van der Waals surface area contributed by atoms with Gasteiger partial charge in [0, 0.05) is 0 Å². The molecule has 1 N–H and O–H groups in total. The lowest BCUT2D eigenvalue weighted by molar-refractivity contribution is 0.0492. The van der Waals surface area contributed by atoms with E-state index in [2.05, 4.69) is 17.4 Å². The van der Waals surface area contributed by atoms with E-state index in [9.17, 15) is 4.79 Å². The van der Waals surface area contributed by atoms with Crippen molar-refractivity contribution < 1.29 is 14.3 Å². The molecule has 1 aromatic rings. The van der Waals surface area contributed by atoms with E-state index in [0.717, 1.165) is 19.4 Å². The number of hydrogen-bond acceptors (Lipinski definition) is 3. The highest BCUT2D eigenvalue weighted by Crippen LogP contribution is 2.19. The van der Waals surface area contributed by atoms with Crippen molar-refractivity contribution in [2.24, 2.45) is 0 Å². The predicted molar refractivity (Wildman–Crippen MR) is 77.7 cm³/mol. The summed E-state index contributed by atoms with van der Waals surface area (Å²) in [6.07, 6.45) is 1.53. The number of alkyl carbamates (subject to hydrolysis) is 1. The second-order valence-electron chi connectivity index (χ2n) is 6.15. The molecule has 4 nitrogen and oxygen atoms in total. The van der Waals surface area contributed by atoms with Crippen molar-refractivity contribution in [1.82, 2.24) is 5.32 Å². The van der Waals surface area contributed by atoms with Gasteiger partial charge in [-0.3, -0.25) is 0 Å². The van der Waals surface area contributed by atoms with Gasteiger partial charge in [-0.25, -0.2) is 4.79 Å². The molecule has 0 saturated carbocycles. The number of nitrogens with one attached hydrogen (secondary N) is 1. The van der Waals surface area contributed by atoms with Crippen molar-refractivity contribution in [3.05, 3.63) is 35.9 Å². The molecule has 0 aromatic heterocycles. The molecule has 4 heteroatoms. The number of aryl methyl sites for hydroxylation is 1. The van der Waals surface area contributed by atoms with Gasteiger partial charge in [-0.2, -0.15) is 0 Å². The Morgan fingerprint density at radius 3 is 2.60 bits per heavy atom. The van der Waals surface area contributed by atoms with Crippen molar-refractivity contribution in [3.63, 3.8) is 0 Å². The van der Waals surface area contributed by atoms with Gasteiger partial charge in [-0.05, 0) is 39.2 Å². The maximum absolute atomic E-state index is 11.8. The molecular formula is C16H23NO3. The fourth-order valence-electron chi connectivity index (χ4n) is 2.06. The van der Waals surface area contributed by atoms with Gasteiger partial charge >= 0.3 is 6.09 Å². The van der Waals surface area contributed by atoms with Crippen molar-refractivity contribution in [1.29, 1.82) is 0 Å². The number of carbonyl (C=O) groups excluding carboxylic acids is 1. The third kappa shape index (κ3) is 5.21. The molecule has 1 aliphatic rings. The average Bonchev–Trinajstić information content (AvgIpc) is 3.17. The van der Waals surface area contributed by atoms with E-state index >= 15 is 0 Å². The van der Waals surface area contributed by atoms with Crippen LogP contribution in [0.3, 0.4) is 0 Å². The van der Waals surface area contributed by atoms with E-state index in [1.54, 1.807) is 0 Å². The molecule has 20 heavy (non-hydrogen) atoms. The quantitative estimate of drug-likeness (QED) is 0.842. The van der Waals surface area contributed by atoms with Gasteiger partial charge in [-0.15, -0.1) is 0 Å². The Morgan fingerprint density at radius 2 is 2.05 bits per heavy atom. The smallest absolute Gasteiger partial charge is 0.407 e. The number of ether oxygens (including phenoxy) is 2. The van der Waals surface area contributed by atoms with Crippen molar-refractivity contribution in [2.45, 2.75) is 51.4 Å². The maximum Gasteiger partial charge on any atom is 0.407 e. The number of carbonyl (C=O) groups is 1. The number of rotatable bonds is 5. The lowest BCUT2D eigenvalue weighted by Gasteiger charge is -2.23. The Morgan fingerprint density at radius 1 is 1.40 bits per heavy atom. The first-order valence-corrected chi connectivity index (χ1v) is 7.09. The molecule has 0 radical (unpaired) electrons. The molecule has 1 fully saturated rings. The highest BCUT2D eigenvalue weighted by Gasteiger charge is 2.34. The van der Waals surface area contributed by atoms with Crippen LogP contribution in [0.25, 0.3) is 0 Å². The van der Waals surface area contributed by atoms with E-state index in [-0.39, 0.29) is 18.2 Å². The van der Waals surface area contributed by atoms with E-state index < -0.39 is 5.60 Å². The second kappa shape index (κ2) is 6.27. The Labute approximate surface area is 120 Å². The summed E-state index contributed by atoms with van der Waals surface area (Å²) in [5.74, 6) is 0. The van der Waals surface area contributed by atoms with Crippen LogP contribution in [0, 0.1) is 0 Å². The summed E-state index contributed by atoms with van der Waals surface area (Å²) in [5, 5.41) is 2.92. The van der Waals surface area contributed by atoms with Gasteiger partial charge in [-0.1, -0.05) is 30.3 Å². The summed E-state index contributed by atoms with van der Waals surface area (Å²) in [5.41, 5.74) is 0.794. The zero-order valence-electron chi connectivity index (χ0n) is 12.4. The van der Waals surface area contributed by atoms with Crippen LogP contribution in [-0.2, 0) is 15.9 Å². The molecular weight excluding hydrogens is 254 g/mol. The third-order valence-electron chi connectivity index (χ3n) is 3.10. The van der Waals surface area contributed by atoms with Crippen LogP contribution in [0.4, 0.5) is 4.79 Å². The van der Waals surface area contributed by atoms with Crippen LogP contribution in [-0.4, -0.2) is 30.4 Å². The minimum atomic E-state index is -0.474. The molecule has 0 unspecified atom stereocenters. The SMILES string of the molecule is CC(C)(C)OC(=O)N[C@H](CCc1ccccc1)[C@H]1CO1. The highest BCUT2D eigenvalue weighted by molar-refractivity contribution is 5.68. The summed E-state index contributed by atoms with van der Waals surface area (Å²) < 4.78 is 10.6. The molecule has 2 rings (SSSR count). The lowest BCUT2D eigenvalue weighted by Crippen LogP contribution is -2.42. The molecule has 0 spiro atoms. The van der Waals surface area contributed by atoms with E-state index in [4.69, 9.17) is 9.47 Å². The Kier molecular flexibility index (Phi) is 4.65. The monoisotopic (exact) mass is 277 g/mol. The van der Waals surface area contributed by atoms with Crippen LogP contribution >= 0.6 is 0 Å². The molecule has 0 bridgehead atoms. The third-order valence-corrected chi connectivity index (χ3v) is 3.10. The zero-order valence-corrected chi connectivity index (χ0v) is 12.4. The molecule has 1 aliphatic heterocycles. The van der Waals surface area contributed by atoms with Crippen LogP contribution in [0.5, 0.6) is 0 Å². The molecule has 1 amide bonds. The van der Waals surface area contributed by atoms with Crippen LogP contribution in [0.1, 0.15) is 32.8 Å². The number of benzene rings is 1. The maximum atomic E-state index is 11.8. The molecule has 0 aliphatic carbocycles. The van der Waals surface area contributed by atoms with Gasteiger partial charge < -0.3 is 14.8 Å². The van der Waals surface area contributed by atoms with E-state index in [0.29, 0.717) is 0 Å². The fraction of sp³-hybridized carbons (Fsp3) is 0.562. The molecule has 1 heterocycles. The van der Waals surface area contributed by atoms with Gasteiger partial charge in [0.05, 0.1) is 12.6 Å². The first-order valence-electron chi connectivity index (χ1n) is 7.09. The first-order chi connectivity index (χ1) is 9.44. The van der Waals surface area contributed by atoms with Gasteiger partial charge in [0.25, 0.3) is 0 Å². The fourth-order valence-corrected chi connectivity index (χ4v) is 2.06. The van der Waals surface area contributed by atoms with Crippen molar-refractivity contribution >= 4 is 6.09 Å². The Bertz CT molecular complexity index is 435. The van der Waals surface area contributed by atoms with Crippen molar-refractivity contribution in [3.8, 4) is 0 Å². The van der Waals surface area contributed by atoms with E-state index in [1.165, 1.54) is 5.56 Å². The van der Waals surface area contributed by atoms with E-state index in [1.807, 2.05) is 39.0 Å². The molecule has 1 aromatic carbocycles. The first kappa shape index (κ1) is 14.9. The topological polar surface area (TPSA) is 50.9 Å². The summed E-state index contributed by atoms with van der Waals surface area (Å²) in [4.78, 5) is 11.8. The number of hydrogen-bond donors (Lipinski definition) is 1. The van der Waals surface area contributed by atoms with Crippen LogP contribution in [0.15, 0.2) is 30.3 Å².